The smallest absolute Gasteiger partial charge is 0.253 e. The van der Waals surface area contributed by atoms with Crippen LogP contribution in [0.5, 0.6) is 0 Å². The molecular formula is C18H25N5O3. The van der Waals surface area contributed by atoms with Gasteiger partial charge >= 0.3 is 0 Å². The van der Waals surface area contributed by atoms with Gasteiger partial charge in [-0.25, -0.2) is 0 Å². The molecule has 2 aromatic rings. The third-order valence-electron chi connectivity index (χ3n) is 5.20. The van der Waals surface area contributed by atoms with Crippen molar-refractivity contribution in [3.63, 3.8) is 0 Å². The van der Waals surface area contributed by atoms with Gasteiger partial charge in [0.1, 0.15) is 11.4 Å². The lowest BCUT2D eigenvalue weighted by Crippen LogP contribution is -2.52. The second-order valence-electron chi connectivity index (χ2n) is 6.69. The molecule has 0 saturated carbocycles. The number of hydrogen-bond donors (Lipinski definition) is 1. The van der Waals surface area contributed by atoms with Crippen LogP contribution < -0.4 is 21.1 Å². The van der Waals surface area contributed by atoms with E-state index < -0.39 is 10.9 Å². The van der Waals surface area contributed by atoms with E-state index in [9.17, 15) is 14.4 Å². The highest BCUT2D eigenvalue weighted by atomic mass is 16.2. The number of amides is 1. The number of carbonyl (C=O) groups excluding carboxylic acids is 1. The van der Waals surface area contributed by atoms with Gasteiger partial charge in [0.2, 0.25) is 5.91 Å². The van der Waals surface area contributed by atoms with Gasteiger partial charge in [-0.05, 0) is 20.8 Å². The molecule has 0 radical (unpaired) electrons. The highest BCUT2D eigenvalue weighted by Gasteiger charge is 2.29. The number of nitrogens with one attached hydrogen (secondary N) is 1. The number of aromatic nitrogens is 2. The molecule has 1 fully saturated rings. The van der Waals surface area contributed by atoms with Crippen molar-refractivity contribution >= 4 is 17.3 Å². The first kappa shape index (κ1) is 18.2. The largest absolute Gasteiger partial charge is 0.376 e. The van der Waals surface area contributed by atoms with Crippen molar-refractivity contribution < 1.29 is 4.79 Å². The minimum atomic E-state index is -0.466. The molecule has 140 valence electrons. The maximum absolute atomic E-state index is 12.1. The maximum atomic E-state index is 12.1. The van der Waals surface area contributed by atoms with Gasteiger partial charge < -0.3 is 15.1 Å². The lowest BCUT2D eigenvalue weighted by molar-refractivity contribution is -0.129. The van der Waals surface area contributed by atoms with Gasteiger partial charge in [0.25, 0.3) is 10.9 Å². The van der Waals surface area contributed by atoms with Crippen molar-refractivity contribution in [3.05, 3.63) is 37.4 Å². The van der Waals surface area contributed by atoms with Crippen molar-refractivity contribution in [2.75, 3.05) is 36.4 Å². The van der Waals surface area contributed by atoms with Crippen molar-refractivity contribution in [1.82, 2.24) is 14.7 Å². The fourth-order valence-electron chi connectivity index (χ4n) is 3.56. The normalized spacial score (nSPS) is 14.9. The first-order chi connectivity index (χ1) is 12.3. The Morgan fingerprint density at radius 2 is 1.77 bits per heavy atom. The molecule has 0 bridgehead atoms. The molecule has 26 heavy (non-hydrogen) atoms. The number of carbonyl (C=O) groups is 1. The zero-order valence-corrected chi connectivity index (χ0v) is 15.8. The molecule has 3 rings (SSSR count). The highest BCUT2D eigenvalue weighted by Crippen LogP contribution is 2.23. The minimum absolute atomic E-state index is 0.0341. The molecule has 1 aliphatic rings. The first-order valence-electron chi connectivity index (χ1n) is 8.95. The zero-order chi connectivity index (χ0) is 19.0. The van der Waals surface area contributed by atoms with Gasteiger partial charge in [0.05, 0.1) is 5.69 Å². The molecule has 1 saturated heterocycles. The quantitative estimate of drug-likeness (QED) is 0.778. The van der Waals surface area contributed by atoms with Crippen molar-refractivity contribution in [2.24, 2.45) is 0 Å². The Morgan fingerprint density at radius 3 is 2.31 bits per heavy atom. The molecule has 8 heteroatoms. The molecule has 0 atom stereocenters. The van der Waals surface area contributed by atoms with E-state index in [1.807, 2.05) is 30.4 Å². The molecule has 0 aliphatic carbocycles. The average Bonchev–Trinajstić information content (AvgIpc) is 2.91. The monoisotopic (exact) mass is 359 g/mol. The summed E-state index contributed by atoms with van der Waals surface area (Å²) < 4.78 is 1.93. The van der Waals surface area contributed by atoms with Crippen LogP contribution in [0.15, 0.2) is 9.59 Å². The van der Waals surface area contributed by atoms with E-state index >= 15 is 0 Å². The third-order valence-corrected chi connectivity index (χ3v) is 5.20. The summed E-state index contributed by atoms with van der Waals surface area (Å²) in [5.74, 6) is 0.0341. The highest BCUT2D eigenvalue weighted by molar-refractivity contribution is 5.77. The van der Waals surface area contributed by atoms with E-state index in [4.69, 9.17) is 0 Å². The molecular weight excluding hydrogens is 334 g/mol. The summed E-state index contributed by atoms with van der Waals surface area (Å²) in [6.45, 7) is 11.0. The summed E-state index contributed by atoms with van der Waals surface area (Å²) in [7, 11) is 0. The van der Waals surface area contributed by atoms with Crippen LogP contribution >= 0.6 is 0 Å². The summed E-state index contributed by atoms with van der Waals surface area (Å²) in [5, 5.41) is 7.63. The molecule has 1 aromatic carbocycles. The van der Waals surface area contributed by atoms with Crippen LogP contribution in [0.2, 0.25) is 0 Å². The molecule has 0 unspecified atom stereocenters. The Morgan fingerprint density at radius 1 is 1.12 bits per heavy atom. The summed E-state index contributed by atoms with van der Waals surface area (Å²) in [6, 6.07) is 0. The van der Waals surface area contributed by atoms with Gasteiger partial charge in [-0.3, -0.25) is 19.1 Å². The minimum Gasteiger partial charge on any atom is -0.376 e. The standard InChI is InChI=1S/C18H25N5O3/c1-5-23-12(3)14(11(2)20-23)10-19-15-16(18(26)17(15)25)22-8-6-21(7-9-22)13(4)24/h19H,5-10H2,1-4H3. The fraction of sp³-hybridized carbons (Fsp3) is 0.556. The number of aryl methyl sites for hydroxylation is 2. The lowest BCUT2D eigenvalue weighted by Gasteiger charge is -2.36. The lowest BCUT2D eigenvalue weighted by atomic mass is 10.1. The van der Waals surface area contributed by atoms with Gasteiger partial charge in [0, 0.05) is 57.4 Å². The molecule has 1 aliphatic heterocycles. The predicted octanol–water partition coefficient (Wildman–Crippen LogP) is 0.396. The number of rotatable bonds is 5. The Bertz CT molecular complexity index is 899. The molecule has 8 nitrogen and oxygen atoms in total. The fourth-order valence-corrected chi connectivity index (χ4v) is 3.56. The molecule has 0 spiro atoms. The van der Waals surface area contributed by atoms with Crippen molar-refractivity contribution in [1.29, 1.82) is 0 Å². The van der Waals surface area contributed by atoms with Crippen LogP contribution in [-0.4, -0.2) is 46.8 Å². The topological polar surface area (TPSA) is 87.5 Å². The Hall–Kier alpha value is -2.64. The van der Waals surface area contributed by atoms with Crippen LogP contribution in [0, 0.1) is 13.8 Å². The van der Waals surface area contributed by atoms with Gasteiger partial charge in [-0.15, -0.1) is 0 Å². The maximum Gasteiger partial charge on any atom is 0.253 e. The van der Waals surface area contributed by atoms with Crippen LogP contribution in [0.3, 0.4) is 0 Å². The number of piperazine rings is 1. The van der Waals surface area contributed by atoms with E-state index in [0.29, 0.717) is 44.1 Å². The third kappa shape index (κ3) is 3.00. The number of hydrogen-bond acceptors (Lipinski definition) is 6. The van der Waals surface area contributed by atoms with Gasteiger partial charge in [0.15, 0.2) is 0 Å². The molecule has 1 amide bonds. The first-order valence-corrected chi connectivity index (χ1v) is 8.95. The van der Waals surface area contributed by atoms with E-state index in [0.717, 1.165) is 23.5 Å². The van der Waals surface area contributed by atoms with E-state index in [1.54, 1.807) is 11.8 Å². The Kier molecular flexibility index (Phi) is 4.84. The molecule has 1 aromatic heterocycles. The average molecular weight is 359 g/mol. The Balaban J connectivity index is 1.74. The summed E-state index contributed by atoms with van der Waals surface area (Å²) in [6.07, 6.45) is 0. The summed E-state index contributed by atoms with van der Waals surface area (Å²) in [4.78, 5) is 39.3. The zero-order valence-electron chi connectivity index (χ0n) is 15.8. The summed E-state index contributed by atoms with van der Waals surface area (Å²) >= 11 is 0. The van der Waals surface area contributed by atoms with Crippen LogP contribution in [-0.2, 0) is 17.9 Å². The van der Waals surface area contributed by atoms with Crippen LogP contribution in [0.1, 0.15) is 30.8 Å². The van der Waals surface area contributed by atoms with Gasteiger partial charge in [-0.2, -0.15) is 5.10 Å². The van der Waals surface area contributed by atoms with E-state index in [-0.39, 0.29) is 5.91 Å². The predicted molar refractivity (Wildman–Crippen MR) is 101 cm³/mol. The Labute approximate surface area is 152 Å². The molecule has 2 heterocycles. The second kappa shape index (κ2) is 6.93. The second-order valence-corrected chi connectivity index (χ2v) is 6.69. The number of nitrogens with zero attached hydrogens (tertiary/aromatic N) is 4. The number of anilines is 2. The van der Waals surface area contributed by atoms with Crippen molar-refractivity contribution in [3.8, 4) is 0 Å². The summed E-state index contributed by atoms with van der Waals surface area (Å²) in [5.41, 5.74) is 2.96. The van der Waals surface area contributed by atoms with Crippen LogP contribution in [0.4, 0.5) is 11.4 Å². The van der Waals surface area contributed by atoms with E-state index in [1.165, 1.54) is 0 Å². The van der Waals surface area contributed by atoms with E-state index in [2.05, 4.69) is 10.4 Å². The van der Waals surface area contributed by atoms with Crippen LogP contribution in [0.25, 0.3) is 0 Å². The molecule has 1 N–H and O–H groups in total. The van der Waals surface area contributed by atoms with Crippen molar-refractivity contribution in [2.45, 2.75) is 40.8 Å². The van der Waals surface area contributed by atoms with Gasteiger partial charge in [-0.1, -0.05) is 0 Å². The SMILES string of the molecule is CCn1nc(C)c(CNc2c(N3CCN(C(C)=O)CC3)c(=O)c2=O)c1C.